The van der Waals surface area contributed by atoms with Gasteiger partial charge in [0, 0.05) is 4.47 Å². The normalized spacial score (nSPS) is 19.4. The van der Waals surface area contributed by atoms with Gasteiger partial charge >= 0.3 is 0 Å². The number of rotatable bonds is 7. The third kappa shape index (κ3) is 5.57. The Balaban J connectivity index is 2.06. The highest BCUT2D eigenvalue weighted by Gasteiger charge is 2.37. The third-order valence-corrected chi connectivity index (χ3v) is 6.80. The van der Waals surface area contributed by atoms with Gasteiger partial charge in [-0.05, 0) is 54.7 Å². The highest BCUT2D eigenvalue weighted by Crippen LogP contribution is 2.50. The Morgan fingerprint density at radius 1 is 1.13 bits per heavy atom. The third-order valence-electron chi connectivity index (χ3n) is 5.46. The first-order chi connectivity index (χ1) is 10.8. The largest absolute Gasteiger partial charge is 0.286 e. The predicted octanol–water partition coefficient (Wildman–Crippen LogP) is 5.56. The molecular formula is C18H27BrO3S. The molecule has 2 rings (SSSR count). The summed E-state index contributed by atoms with van der Waals surface area (Å²) < 4.78 is 31.8. The molecule has 0 aromatic heterocycles. The topological polar surface area (TPSA) is 54.4 Å². The lowest BCUT2D eigenvalue weighted by Crippen LogP contribution is -2.30. The highest BCUT2D eigenvalue weighted by molar-refractivity contribution is 9.10. The van der Waals surface area contributed by atoms with E-state index in [0.29, 0.717) is 12.3 Å². The lowest BCUT2D eigenvalue weighted by atomic mass is 9.62. The van der Waals surface area contributed by atoms with E-state index in [2.05, 4.69) is 47.1 Å². The smallest absolute Gasteiger partial charge is 0.264 e. The molecule has 130 valence electrons. The molecule has 0 radical (unpaired) electrons. The fourth-order valence-electron chi connectivity index (χ4n) is 4.02. The second-order valence-electron chi connectivity index (χ2n) is 6.94. The molecule has 3 nitrogen and oxygen atoms in total. The standard InChI is InChI=1S/C18H27BrO3S/c1-15(16-7-9-17(19)10-8-16)18(11-3-2-4-12-18)13-5-6-14-23(20,21)22/h7-10,15H,2-6,11-14H2,1H3,(H,20,21,22). The summed E-state index contributed by atoms with van der Waals surface area (Å²) in [6.45, 7) is 2.32. The number of benzene rings is 1. The van der Waals surface area contributed by atoms with E-state index in [1.165, 1.54) is 37.7 Å². The van der Waals surface area contributed by atoms with Gasteiger partial charge in [-0.3, -0.25) is 4.55 Å². The average Bonchev–Trinajstić information content (AvgIpc) is 2.52. The molecule has 1 saturated carbocycles. The summed E-state index contributed by atoms with van der Waals surface area (Å²) in [4.78, 5) is 0. The van der Waals surface area contributed by atoms with E-state index in [0.717, 1.165) is 17.3 Å². The zero-order chi connectivity index (χ0) is 16.9. The van der Waals surface area contributed by atoms with Gasteiger partial charge < -0.3 is 0 Å². The number of unbranched alkanes of at least 4 members (excludes halogenated alkanes) is 1. The van der Waals surface area contributed by atoms with Crippen LogP contribution in [-0.4, -0.2) is 18.7 Å². The van der Waals surface area contributed by atoms with Crippen molar-refractivity contribution in [1.29, 1.82) is 0 Å². The average molecular weight is 403 g/mol. The van der Waals surface area contributed by atoms with Crippen molar-refractivity contribution in [3.63, 3.8) is 0 Å². The lowest BCUT2D eigenvalue weighted by molar-refractivity contribution is 0.132. The van der Waals surface area contributed by atoms with Gasteiger partial charge in [0.1, 0.15) is 0 Å². The van der Waals surface area contributed by atoms with E-state index in [4.69, 9.17) is 4.55 Å². The Hall–Kier alpha value is -0.390. The summed E-state index contributed by atoms with van der Waals surface area (Å²) >= 11 is 3.49. The monoisotopic (exact) mass is 402 g/mol. The molecule has 5 heteroatoms. The molecule has 1 fully saturated rings. The zero-order valence-corrected chi connectivity index (χ0v) is 16.2. The van der Waals surface area contributed by atoms with Gasteiger partial charge in [-0.15, -0.1) is 0 Å². The molecule has 0 amide bonds. The Labute approximate surface area is 148 Å². The molecule has 1 aromatic rings. The molecule has 1 aromatic carbocycles. The van der Waals surface area contributed by atoms with E-state index in [9.17, 15) is 8.42 Å². The van der Waals surface area contributed by atoms with Crippen molar-refractivity contribution >= 4 is 26.0 Å². The van der Waals surface area contributed by atoms with Gasteiger partial charge in [0.15, 0.2) is 0 Å². The van der Waals surface area contributed by atoms with Crippen molar-refractivity contribution in [2.75, 3.05) is 5.75 Å². The fraction of sp³-hybridized carbons (Fsp3) is 0.667. The predicted molar refractivity (Wildman–Crippen MR) is 98.3 cm³/mol. The molecule has 0 saturated heterocycles. The van der Waals surface area contributed by atoms with Gasteiger partial charge in [-0.1, -0.05) is 60.7 Å². The van der Waals surface area contributed by atoms with Crippen LogP contribution >= 0.6 is 15.9 Å². The minimum Gasteiger partial charge on any atom is -0.286 e. The maximum atomic E-state index is 10.9. The molecule has 0 aliphatic heterocycles. The van der Waals surface area contributed by atoms with Crippen LogP contribution in [0.1, 0.15) is 69.8 Å². The van der Waals surface area contributed by atoms with Gasteiger partial charge in [0.2, 0.25) is 0 Å². The van der Waals surface area contributed by atoms with Crippen LogP contribution < -0.4 is 0 Å². The lowest BCUT2D eigenvalue weighted by Gasteiger charge is -2.43. The van der Waals surface area contributed by atoms with Crippen LogP contribution in [0.3, 0.4) is 0 Å². The second kappa shape index (κ2) is 8.13. The maximum absolute atomic E-state index is 10.9. The van der Waals surface area contributed by atoms with E-state index in [1.807, 2.05) is 0 Å². The Bertz CT molecular complexity index is 589. The Morgan fingerprint density at radius 2 is 1.74 bits per heavy atom. The summed E-state index contributed by atoms with van der Waals surface area (Å²) in [5, 5.41) is 0. The fourth-order valence-corrected chi connectivity index (χ4v) is 4.86. The number of hydrogen-bond donors (Lipinski definition) is 1. The maximum Gasteiger partial charge on any atom is 0.264 e. The molecule has 1 aliphatic rings. The number of hydrogen-bond acceptors (Lipinski definition) is 2. The SMILES string of the molecule is CC(c1ccc(Br)cc1)C1(CCCCS(=O)(=O)O)CCCCC1. The van der Waals surface area contributed by atoms with Crippen molar-refractivity contribution in [1.82, 2.24) is 0 Å². The van der Waals surface area contributed by atoms with Crippen molar-refractivity contribution in [3.8, 4) is 0 Å². The van der Waals surface area contributed by atoms with Crippen LogP contribution in [-0.2, 0) is 10.1 Å². The summed E-state index contributed by atoms with van der Waals surface area (Å²) in [5.41, 5.74) is 1.63. The van der Waals surface area contributed by atoms with Crippen LogP contribution in [0.5, 0.6) is 0 Å². The minimum absolute atomic E-state index is 0.115. The molecule has 1 aliphatic carbocycles. The molecule has 1 unspecified atom stereocenters. The summed E-state index contributed by atoms with van der Waals surface area (Å²) in [5.74, 6) is 0.358. The number of halogens is 1. The van der Waals surface area contributed by atoms with E-state index in [1.54, 1.807) is 0 Å². The van der Waals surface area contributed by atoms with Crippen LogP contribution in [0.2, 0.25) is 0 Å². The van der Waals surface area contributed by atoms with Crippen molar-refractivity contribution < 1.29 is 13.0 Å². The van der Waals surface area contributed by atoms with Crippen LogP contribution in [0.4, 0.5) is 0 Å². The molecule has 0 heterocycles. The van der Waals surface area contributed by atoms with Gasteiger partial charge in [0.05, 0.1) is 5.75 Å². The van der Waals surface area contributed by atoms with Crippen molar-refractivity contribution in [2.45, 2.75) is 64.2 Å². The highest BCUT2D eigenvalue weighted by atomic mass is 79.9. The molecule has 23 heavy (non-hydrogen) atoms. The van der Waals surface area contributed by atoms with E-state index < -0.39 is 10.1 Å². The summed E-state index contributed by atoms with van der Waals surface area (Å²) in [6, 6.07) is 8.59. The Kier molecular flexibility index (Phi) is 6.69. The summed E-state index contributed by atoms with van der Waals surface area (Å²) in [7, 11) is -3.83. The van der Waals surface area contributed by atoms with Gasteiger partial charge in [0.25, 0.3) is 10.1 Å². The molecule has 1 atom stereocenters. The molecular weight excluding hydrogens is 376 g/mol. The first kappa shape index (κ1) is 18.9. The van der Waals surface area contributed by atoms with E-state index >= 15 is 0 Å². The van der Waals surface area contributed by atoms with E-state index in [-0.39, 0.29) is 11.2 Å². The zero-order valence-electron chi connectivity index (χ0n) is 13.8. The van der Waals surface area contributed by atoms with Crippen LogP contribution in [0.25, 0.3) is 0 Å². The van der Waals surface area contributed by atoms with Crippen LogP contribution in [0, 0.1) is 5.41 Å². The molecule has 1 N–H and O–H groups in total. The first-order valence-corrected chi connectivity index (χ1v) is 10.9. The van der Waals surface area contributed by atoms with Crippen molar-refractivity contribution in [3.05, 3.63) is 34.3 Å². The molecule has 0 spiro atoms. The van der Waals surface area contributed by atoms with Gasteiger partial charge in [-0.2, -0.15) is 8.42 Å². The minimum atomic E-state index is -3.83. The summed E-state index contributed by atoms with van der Waals surface area (Å²) in [6.07, 6.45) is 8.72. The van der Waals surface area contributed by atoms with Crippen LogP contribution in [0.15, 0.2) is 28.7 Å². The molecule has 0 bridgehead atoms. The van der Waals surface area contributed by atoms with Gasteiger partial charge in [-0.25, -0.2) is 0 Å². The van der Waals surface area contributed by atoms with Crippen molar-refractivity contribution in [2.24, 2.45) is 5.41 Å². The quantitative estimate of drug-likeness (QED) is 0.479. The second-order valence-corrected chi connectivity index (χ2v) is 9.43. The Morgan fingerprint density at radius 3 is 2.30 bits per heavy atom. The first-order valence-electron chi connectivity index (χ1n) is 8.53.